The van der Waals surface area contributed by atoms with E-state index in [1.165, 1.54) is 19.1 Å². The molecule has 0 aliphatic carbocycles. The molecule has 1 heterocycles. The number of rotatable bonds is 6. The Bertz CT molecular complexity index is 949. The van der Waals surface area contributed by atoms with Crippen LogP contribution in [-0.2, 0) is 14.8 Å². The van der Waals surface area contributed by atoms with Crippen LogP contribution in [0.2, 0.25) is 0 Å². The molecule has 2 aromatic carbocycles. The van der Waals surface area contributed by atoms with E-state index in [1.807, 2.05) is 12.1 Å². The van der Waals surface area contributed by atoms with Gasteiger partial charge in [0.15, 0.2) is 11.5 Å². The summed E-state index contributed by atoms with van der Waals surface area (Å²) in [5.74, 6) is 0.226. The highest BCUT2D eigenvalue weighted by atomic mass is 32.2. The van der Waals surface area contributed by atoms with Crippen molar-refractivity contribution in [2.75, 3.05) is 23.7 Å². The van der Waals surface area contributed by atoms with Crippen LogP contribution in [0.25, 0.3) is 0 Å². The third-order valence-electron chi connectivity index (χ3n) is 4.24. The van der Waals surface area contributed by atoms with E-state index in [0.29, 0.717) is 11.5 Å². The highest BCUT2D eigenvalue weighted by Crippen LogP contribution is 2.30. The molecule has 1 N–H and O–H groups in total. The van der Waals surface area contributed by atoms with Gasteiger partial charge < -0.3 is 14.8 Å². The van der Waals surface area contributed by atoms with Crippen molar-refractivity contribution in [2.45, 2.75) is 19.1 Å². The second-order valence-corrected chi connectivity index (χ2v) is 8.31. The summed E-state index contributed by atoms with van der Waals surface area (Å²) < 4.78 is 49.9. The number of fused-ring (bicyclic) bond motifs is 1. The van der Waals surface area contributed by atoms with Gasteiger partial charge >= 0.3 is 0 Å². The Labute approximate surface area is 163 Å². The zero-order valence-corrected chi connectivity index (χ0v) is 16.3. The van der Waals surface area contributed by atoms with Crippen molar-refractivity contribution >= 4 is 21.6 Å². The Kier molecular flexibility index (Phi) is 5.73. The zero-order chi connectivity index (χ0) is 20.3. The molecule has 3 rings (SSSR count). The summed E-state index contributed by atoms with van der Waals surface area (Å²) in [5.41, 5.74) is 0.206. The summed E-state index contributed by atoms with van der Waals surface area (Å²) in [6, 6.07) is 11.1. The van der Waals surface area contributed by atoms with Crippen LogP contribution >= 0.6 is 0 Å². The summed E-state index contributed by atoms with van der Waals surface area (Å²) in [7, 11) is -3.76. The van der Waals surface area contributed by atoms with Crippen LogP contribution in [0.5, 0.6) is 11.5 Å². The molecular formula is C19H21FN2O5S. The molecule has 2 aromatic rings. The number of amides is 1. The molecule has 1 aliphatic rings. The molecular weight excluding hydrogens is 387 g/mol. The fraction of sp³-hybridized carbons (Fsp3) is 0.316. The number of sulfonamides is 1. The molecule has 7 nitrogen and oxygen atoms in total. The van der Waals surface area contributed by atoms with Gasteiger partial charge in [-0.05, 0) is 43.3 Å². The van der Waals surface area contributed by atoms with Crippen molar-refractivity contribution < 1.29 is 27.1 Å². The van der Waals surface area contributed by atoms with Gasteiger partial charge in [-0.2, -0.15) is 0 Å². The molecule has 0 saturated heterocycles. The molecule has 150 valence electrons. The van der Waals surface area contributed by atoms with Crippen LogP contribution in [-0.4, -0.2) is 45.9 Å². The third-order valence-corrected chi connectivity index (χ3v) is 5.48. The first-order chi connectivity index (χ1) is 13.3. The number of ether oxygens (including phenoxy) is 2. The van der Waals surface area contributed by atoms with Gasteiger partial charge in [0, 0.05) is 0 Å². The topological polar surface area (TPSA) is 84.9 Å². The number of para-hydroxylation sites is 2. The Hall–Kier alpha value is -2.81. The number of benzene rings is 2. The fourth-order valence-electron chi connectivity index (χ4n) is 2.92. The van der Waals surface area contributed by atoms with E-state index in [1.54, 1.807) is 12.1 Å². The van der Waals surface area contributed by atoms with E-state index in [0.717, 1.165) is 22.7 Å². The molecule has 28 heavy (non-hydrogen) atoms. The summed E-state index contributed by atoms with van der Waals surface area (Å²) in [6.45, 7) is 1.88. The van der Waals surface area contributed by atoms with Crippen LogP contribution < -0.4 is 19.1 Å². The maximum absolute atomic E-state index is 13.2. The lowest BCUT2D eigenvalue weighted by atomic mass is 10.2. The minimum atomic E-state index is -3.76. The summed E-state index contributed by atoms with van der Waals surface area (Å²) >= 11 is 0. The van der Waals surface area contributed by atoms with Crippen molar-refractivity contribution in [3.8, 4) is 11.5 Å². The van der Waals surface area contributed by atoms with Gasteiger partial charge in [0.2, 0.25) is 15.9 Å². The molecule has 0 bridgehead atoms. The van der Waals surface area contributed by atoms with Gasteiger partial charge in [0.25, 0.3) is 0 Å². The first kappa shape index (κ1) is 19.9. The number of hydrogen-bond donors (Lipinski definition) is 1. The van der Waals surface area contributed by atoms with E-state index in [4.69, 9.17) is 9.47 Å². The van der Waals surface area contributed by atoms with Crippen molar-refractivity contribution in [2.24, 2.45) is 0 Å². The number of carbonyl (C=O) groups is 1. The van der Waals surface area contributed by atoms with E-state index < -0.39 is 33.9 Å². The molecule has 9 heteroatoms. The second-order valence-electron chi connectivity index (χ2n) is 6.45. The van der Waals surface area contributed by atoms with E-state index in [-0.39, 0.29) is 18.8 Å². The van der Waals surface area contributed by atoms with E-state index in [2.05, 4.69) is 5.32 Å². The molecule has 0 saturated carbocycles. The predicted molar refractivity (Wildman–Crippen MR) is 103 cm³/mol. The molecule has 0 spiro atoms. The lowest BCUT2D eigenvalue weighted by molar-refractivity contribution is -0.122. The quantitative estimate of drug-likeness (QED) is 0.790. The maximum Gasteiger partial charge on any atom is 0.243 e. The Morgan fingerprint density at radius 1 is 1.21 bits per heavy atom. The maximum atomic E-state index is 13.2. The standard InChI is InChI=1S/C19H21FN2O5S/c1-13(22(28(2,24)25)15-9-7-14(20)8-10-15)19(23)21-11-16-12-26-17-5-3-4-6-18(17)27-16/h3-10,13,16H,11-12H2,1-2H3,(H,21,23)/t13-,16+/m1/s1. The fourth-order valence-corrected chi connectivity index (χ4v) is 4.10. The SMILES string of the molecule is C[C@H](C(=O)NC[C@H]1COc2ccccc2O1)N(c1ccc(F)cc1)S(C)(=O)=O. The predicted octanol–water partition coefficient (Wildman–Crippen LogP) is 1.94. The first-order valence-corrected chi connectivity index (χ1v) is 10.5. The molecule has 0 radical (unpaired) electrons. The van der Waals surface area contributed by atoms with Crippen molar-refractivity contribution in [1.82, 2.24) is 5.32 Å². The Morgan fingerprint density at radius 3 is 2.50 bits per heavy atom. The van der Waals surface area contributed by atoms with Gasteiger partial charge in [-0.3, -0.25) is 9.10 Å². The number of nitrogens with one attached hydrogen (secondary N) is 1. The van der Waals surface area contributed by atoms with Gasteiger partial charge in [-0.1, -0.05) is 12.1 Å². The van der Waals surface area contributed by atoms with Gasteiger partial charge in [0.1, 0.15) is 24.6 Å². The first-order valence-electron chi connectivity index (χ1n) is 8.67. The number of halogens is 1. The minimum absolute atomic E-state index is 0.151. The number of anilines is 1. The molecule has 0 unspecified atom stereocenters. The average Bonchev–Trinajstić information content (AvgIpc) is 2.66. The molecule has 2 atom stereocenters. The van der Waals surface area contributed by atoms with Crippen LogP contribution in [0.1, 0.15) is 6.92 Å². The molecule has 1 amide bonds. The van der Waals surface area contributed by atoms with Crippen molar-refractivity contribution in [3.63, 3.8) is 0 Å². The van der Waals surface area contributed by atoms with Crippen LogP contribution in [0.15, 0.2) is 48.5 Å². The van der Waals surface area contributed by atoms with E-state index in [9.17, 15) is 17.6 Å². The minimum Gasteiger partial charge on any atom is -0.486 e. The smallest absolute Gasteiger partial charge is 0.243 e. The van der Waals surface area contributed by atoms with Gasteiger partial charge in [-0.25, -0.2) is 12.8 Å². The third kappa shape index (κ3) is 4.53. The summed E-state index contributed by atoms with van der Waals surface area (Å²) in [4.78, 5) is 12.6. The molecule has 0 fully saturated rings. The summed E-state index contributed by atoms with van der Waals surface area (Å²) in [5, 5.41) is 2.69. The lowest BCUT2D eigenvalue weighted by Crippen LogP contribution is -2.50. The monoisotopic (exact) mass is 408 g/mol. The van der Waals surface area contributed by atoms with Crippen LogP contribution in [0.3, 0.4) is 0 Å². The van der Waals surface area contributed by atoms with Gasteiger partial charge in [0.05, 0.1) is 18.5 Å². The van der Waals surface area contributed by atoms with Crippen LogP contribution in [0, 0.1) is 5.82 Å². The number of nitrogens with zero attached hydrogens (tertiary/aromatic N) is 1. The lowest BCUT2D eigenvalue weighted by Gasteiger charge is -2.30. The van der Waals surface area contributed by atoms with Crippen molar-refractivity contribution in [1.29, 1.82) is 0 Å². The second kappa shape index (κ2) is 8.05. The Morgan fingerprint density at radius 2 is 1.86 bits per heavy atom. The van der Waals surface area contributed by atoms with Gasteiger partial charge in [-0.15, -0.1) is 0 Å². The van der Waals surface area contributed by atoms with E-state index >= 15 is 0 Å². The highest BCUT2D eigenvalue weighted by molar-refractivity contribution is 7.92. The van der Waals surface area contributed by atoms with Crippen LogP contribution in [0.4, 0.5) is 10.1 Å². The Balaban J connectivity index is 1.66. The van der Waals surface area contributed by atoms with Crippen molar-refractivity contribution in [3.05, 3.63) is 54.3 Å². The summed E-state index contributed by atoms with van der Waals surface area (Å²) in [6.07, 6.45) is 0.596. The molecule has 0 aromatic heterocycles. The zero-order valence-electron chi connectivity index (χ0n) is 15.5. The number of hydrogen-bond acceptors (Lipinski definition) is 5. The normalized spacial score (nSPS) is 16.9. The average molecular weight is 408 g/mol. The highest BCUT2D eigenvalue weighted by Gasteiger charge is 2.30. The largest absolute Gasteiger partial charge is 0.486 e. The molecule has 1 aliphatic heterocycles. The number of carbonyl (C=O) groups excluding carboxylic acids is 1.